The first-order valence-electron chi connectivity index (χ1n) is 10.9. The van der Waals surface area contributed by atoms with Gasteiger partial charge in [0.05, 0.1) is 12.2 Å². The van der Waals surface area contributed by atoms with Crippen LogP contribution in [0.3, 0.4) is 0 Å². The van der Waals surface area contributed by atoms with E-state index >= 15 is 0 Å². The van der Waals surface area contributed by atoms with Crippen LogP contribution in [0.2, 0.25) is 0 Å². The molecule has 6 nitrogen and oxygen atoms in total. The smallest absolute Gasteiger partial charge is 0.304 e. The fourth-order valence-electron chi connectivity index (χ4n) is 4.55. The zero-order valence-electron chi connectivity index (χ0n) is 17.7. The van der Waals surface area contributed by atoms with Gasteiger partial charge in [-0.25, -0.2) is 9.11 Å². The maximum atomic E-state index is 14.8. The van der Waals surface area contributed by atoms with E-state index in [2.05, 4.69) is 13.8 Å². The summed E-state index contributed by atoms with van der Waals surface area (Å²) >= 11 is 0. The molecule has 1 heterocycles. The van der Waals surface area contributed by atoms with Crippen LogP contribution in [-0.4, -0.2) is 38.3 Å². The zero-order chi connectivity index (χ0) is 21.5. The molecule has 0 radical (unpaired) electrons. The highest BCUT2D eigenvalue weighted by Gasteiger charge is 2.33. The first-order valence-corrected chi connectivity index (χ1v) is 12.4. The maximum absolute atomic E-state index is 14.8. The van der Waals surface area contributed by atoms with Gasteiger partial charge < -0.3 is 4.74 Å². The second kappa shape index (κ2) is 8.11. The summed E-state index contributed by atoms with van der Waals surface area (Å²) in [6.45, 7) is 5.84. The van der Waals surface area contributed by atoms with E-state index < -0.39 is 21.9 Å². The fourth-order valence-corrected chi connectivity index (χ4v) is 5.77. The fraction of sp³-hybridized carbons (Fsp3) is 0.682. The van der Waals surface area contributed by atoms with Crippen LogP contribution in [0.5, 0.6) is 5.75 Å². The molecular weight excluding hydrogens is 407 g/mol. The molecule has 1 aromatic carbocycles. The predicted octanol–water partition coefficient (Wildman–Crippen LogP) is 4.22. The Bertz CT molecular complexity index is 930. The number of benzene rings is 1. The van der Waals surface area contributed by atoms with Gasteiger partial charge in [0, 0.05) is 20.6 Å². The highest BCUT2D eigenvalue weighted by molar-refractivity contribution is 7.87. The molecular formula is C22H33FN2O4S. The lowest BCUT2D eigenvalue weighted by Crippen LogP contribution is -2.49. The van der Waals surface area contributed by atoms with Gasteiger partial charge in [0.25, 0.3) is 5.91 Å². The number of nitrogens with one attached hydrogen (secondary N) is 1. The van der Waals surface area contributed by atoms with Crippen LogP contribution in [0.15, 0.2) is 12.1 Å². The Labute approximate surface area is 179 Å². The predicted molar refractivity (Wildman–Crippen MR) is 114 cm³/mol. The van der Waals surface area contributed by atoms with Crippen LogP contribution in [0.4, 0.5) is 4.39 Å². The normalized spacial score (nSPS) is 24.2. The van der Waals surface area contributed by atoms with Crippen molar-refractivity contribution in [1.29, 1.82) is 0 Å². The van der Waals surface area contributed by atoms with Crippen molar-refractivity contribution >= 4 is 16.1 Å². The van der Waals surface area contributed by atoms with Crippen LogP contribution < -0.4 is 9.46 Å². The lowest BCUT2D eigenvalue weighted by Gasteiger charge is -2.35. The van der Waals surface area contributed by atoms with Gasteiger partial charge in [-0.3, -0.25) is 4.79 Å². The monoisotopic (exact) mass is 440 g/mol. The molecule has 4 rings (SSSR count). The molecule has 1 aromatic rings. The summed E-state index contributed by atoms with van der Waals surface area (Å²) < 4.78 is 48.4. The Kier molecular flexibility index (Phi) is 5.83. The Morgan fingerprint density at radius 1 is 1.27 bits per heavy atom. The van der Waals surface area contributed by atoms with Crippen molar-refractivity contribution in [3.63, 3.8) is 0 Å². The van der Waals surface area contributed by atoms with Gasteiger partial charge in [-0.2, -0.15) is 12.7 Å². The maximum Gasteiger partial charge on any atom is 0.304 e. The number of rotatable bonds is 7. The van der Waals surface area contributed by atoms with E-state index in [9.17, 15) is 17.6 Å². The van der Waals surface area contributed by atoms with E-state index in [1.54, 1.807) is 0 Å². The van der Waals surface area contributed by atoms with Gasteiger partial charge in [-0.05, 0) is 67.4 Å². The average molecular weight is 441 g/mol. The molecule has 168 valence electrons. The topological polar surface area (TPSA) is 75.7 Å². The Hall–Kier alpha value is -1.67. The summed E-state index contributed by atoms with van der Waals surface area (Å²) in [7, 11) is -3.92. The van der Waals surface area contributed by atoms with Gasteiger partial charge in [0.2, 0.25) is 0 Å². The summed E-state index contributed by atoms with van der Waals surface area (Å²) in [5.41, 5.74) is 0.867. The number of hydrogen-bond acceptors (Lipinski definition) is 4. The number of carbonyl (C=O) groups is 1. The first kappa shape index (κ1) is 21.6. The van der Waals surface area contributed by atoms with Crippen molar-refractivity contribution in [2.24, 2.45) is 11.3 Å². The molecule has 1 amide bonds. The van der Waals surface area contributed by atoms with Crippen molar-refractivity contribution in [1.82, 2.24) is 9.03 Å². The third-order valence-electron chi connectivity index (χ3n) is 6.52. The van der Waals surface area contributed by atoms with Crippen molar-refractivity contribution < 1.29 is 23.8 Å². The second-order valence-corrected chi connectivity index (χ2v) is 11.4. The largest absolute Gasteiger partial charge is 0.493 e. The Morgan fingerprint density at radius 2 is 2.00 bits per heavy atom. The van der Waals surface area contributed by atoms with Crippen molar-refractivity contribution in [2.45, 2.75) is 64.7 Å². The Balaban J connectivity index is 0.00000272. The van der Waals surface area contributed by atoms with E-state index in [4.69, 9.17) is 4.74 Å². The van der Waals surface area contributed by atoms with Crippen molar-refractivity contribution in [3.8, 4) is 5.75 Å². The second-order valence-electron chi connectivity index (χ2n) is 9.77. The molecule has 30 heavy (non-hydrogen) atoms. The summed E-state index contributed by atoms with van der Waals surface area (Å²) in [5.74, 6) is -0.521. The van der Waals surface area contributed by atoms with E-state index in [0.717, 1.165) is 37.7 Å². The molecule has 3 fully saturated rings. The molecule has 2 saturated carbocycles. The average Bonchev–Trinajstić information content (AvgIpc) is 3.41. The molecule has 1 aliphatic heterocycles. The third-order valence-corrected chi connectivity index (χ3v) is 8.01. The molecule has 1 saturated heterocycles. The van der Waals surface area contributed by atoms with Gasteiger partial charge in [0.1, 0.15) is 11.6 Å². The van der Waals surface area contributed by atoms with Gasteiger partial charge >= 0.3 is 10.2 Å². The lowest BCUT2D eigenvalue weighted by atomic mass is 9.72. The molecule has 1 unspecified atom stereocenters. The number of hydrogen-bond donors (Lipinski definition) is 1. The number of carbonyl (C=O) groups excluding carboxylic acids is 1. The van der Waals surface area contributed by atoms with Gasteiger partial charge in [0.15, 0.2) is 0 Å². The molecule has 1 atom stereocenters. The van der Waals surface area contributed by atoms with E-state index in [1.165, 1.54) is 29.3 Å². The third kappa shape index (κ3) is 4.80. The minimum Gasteiger partial charge on any atom is -0.493 e. The first-order chi connectivity index (χ1) is 14.1. The van der Waals surface area contributed by atoms with Crippen molar-refractivity contribution in [3.05, 3.63) is 29.1 Å². The van der Waals surface area contributed by atoms with Crippen molar-refractivity contribution in [2.75, 3.05) is 19.7 Å². The summed E-state index contributed by atoms with van der Waals surface area (Å²) in [6, 6.07) is 2.74. The molecule has 1 N–H and O–H groups in total. The van der Waals surface area contributed by atoms with Gasteiger partial charge in [-0.15, -0.1) is 0 Å². The number of halogens is 1. The highest BCUT2D eigenvalue weighted by Crippen LogP contribution is 2.46. The summed E-state index contributed by atoms with van der Waals surface area (Å²) in [6.07, 6.45) is 7.28. The van der Waals surface area contributed by atoms with Crippen LogP contribution in [-0.2, 0) is 10.2 Å². The lowest BCUT2D eigenvalue weighted by molar-refractivity contribution is 0.0973. The standard InChI is InChI=1S/C22H31FN2O4S.H2/c1-22(2)8-3-5-15(13-22)14-29-20-12-19(23)18(11-17(20)16-6-7-16)21(26)24-30(27,28)25-9-4-10-25;/h11-12,15-16H,3-10,13-14H2,1-2H3,(H,24,26);1H. The molecule has 0 aromatic heterocycles. The quantitative estimate of drug-likeness (QED) is 0.689. The summed E-state index contributed by atoms with van der Waals surface area (Å²) in [5, 5.41) is 0. The van der Waals surface area contributed by atoms with Crippen LogP contribution in [0.1, 0.15) is 82.1 Å². The van der Waals surface area contributed by atoms with E-state index in [0.29, 0.717) is 36.8 Å². The molecule has 0 spiro atoms. The SMILES string of the molecule is CC1(C)CCCC(COc2cc(F)c(C(=O)NS(=O)(=O)N3CCC3)cc2C2CC2)C1.[HH]. The minimum atomic E-state index is -3.92. The van der Waals surface area contributed by atoms with E-state index in [1.807, 2.05) is 4.72 Å². The minimum absolute atomic E-state index is 0. The molecule has 0 bridgehead atoms. The van der Waals surface area contributed by atoms with Crippen LogP contribution in [0.25, 0.3) is 0 Å². The highest BCUT2D eigenvalue weighted by atomic mass is 32.2. The summed E-state index contributed by atoms with van der Waals surface area (Å²) in [4.78, 5) is 12.5. The number of amides is 1. The van der Waals surface area contributed by atoms with Gasteiger partial charge in [-0.1, -0.05) is 20.3 Å². The molecule has 3 aliphatic rings. The number of nitrogens with zero attached hydrogens (tertiary/aromatic N) is 1. The molecule has 8 heteroatoms. The number of ether oxygens (including phenoxy) is 1. The van der Waals surface area contributed by atoms with Crippen LogP contribution in [0, 0.1) is 17.2 Å². The van der Waals surface area contributed by atoms with E-state index in [-0.39, 0.29) is 12.9 Å². The Morgan fingerprint density at radius 3 is 2.60 bits per heavy atom. The molecule has 2 aliphatic carbocycles. The zero-order valence-corrected chi connectivity index (χ0v) is 18.6. The van der Waals surface area contributed by atoms with Crippen LogP contribution >= 0.6 is 0 Å².